The lowest BCUT2D eigenvalue weighted by molar-refractivity contribution is 0.0923. The molecule has 2 aliphatic rings. The molecule has 2 aromatic heterocycles. The second-order valence-electron chi connectivity index (χ2n) is 6.58. The number of amides is 1. The van der Waals surface area contributed by atoms with Gasteiger partial charge in [-0.1, -0.05) is 0 Å². The second kappa shape index (κ2) is 5.76. The number of H-pyrrole nitrogens is 1. The fourth-order valence-corrected chi connectivity index (χ4v) is 3.32. The van der Waals surface area contributed by atoms with Crippen LogP contribution in [0.15, 0.2) is 12.3 Å². The van der Waals surface area contributed by atoms with Crippen LogP contribution in [0, 0.1) is 12.8 Å². The van der Waals surface area contributed by atoms with Crippen molar-refractivity contribution >= 4 is 5.91 Å². The molecule has 2 heterocycles. The third-order valence-corrected chi connectivity index (χ3v) is 4.74. The first-order valence-corrected chi connectivity index (χ1v) is 8.39. The van der Waals surface area contributed by atoms with Gasteiger partial charge in [-0.25, -0.2) is 9.97 Å². The van der Waals surface area contributed by atoms with Gasteiger partial charge < -0.3 is 5.32 Å². The molecule has 1 fully saturated rings. The number of aromatic nitrogens is 4. The lowest BCUT2D eigenvalue weighted by Gasteiger charge is -2.17. The Morgan fingerprint density at radius 2 is 2.17 bits per heavy atom. The van der Waals surface area contributed by atoms with Crippen LogP contribution in [0.2, 0.25) is 0 Å². The van der Waals surface area contributed by atoms with Gasteiger partial charge in [-0.2, -0.15) is 5.10 Å². The number of carbonyl (C=O) groups excluding carboxylic acids is 1. The molecule has 6 nitrogen and oxygen atoms in total. The molecule has 2 N–H and O–H groups in total. The van der Waals surface area contributed by atoms with Crippen molar-refractivity contribution in [2.24, 2.45) is 5.92 Å². The number of aromatic amines is 1. The average molecular weight is 311 g/mol. The number of nitrogens with zero attached hydrogens (tertiary/aromatic N) is 3. The highest BCUT2D eigenvalue weighted by atomic mass is 16.2. The predicted octanol–water partition coefficient (Wildman–Crippen LogP) is 2.27. The number of nitrogens with one attached hydrogen (secondary N) is 2. The average Bonchev–Trinajstić information content (AvgIpc) is 3.30. The molecule has 0 bridgehead atoms. The molecule has 120 valence electrons. The molecule has 1 amide bonds. The summed E-state index contributed by atoms with van der Waals surface area (Å²) < 4.78 is 0. The third kappa shape index (κ3) is 2.85. The molecule has 0 radical (unpaired) electrons. The lowest BCUT2D eigenvalue weighted by atomic mass is 9.95. The molecule has 0 aliphatic heterocycles. The van der Waals surface area contributed by atoms with E-state index in [1.165, 1.54) is 0 Å². The van der Waals surface area contributed by atoms with Gasteiger partial charge in [-0.05, 0) is 57.4 Å². The number of hydrogen-bond acceptors (Lipinski definition) is 4. The number of carbonyl (C=O) groups is 1. The van der Waals surface area contributed by atoms with E-state index in [0.29, 0.717) is 17.4 Å². The summed E-state index contributed by atoms with van der Waals surface area (Å²) in [5.74, 6) is 1.05. The lowest BCUT2D eigenvalue weighted by Crippen LogP contribution is -2.32. The maximum atomic E-state index is 12.7. The van der Waals surface area contributed by atoms with Gasteiger partial charge in [-0.3, -0.25) is 9.89 Å². The molecule has 0 saturated heterocycles. The van der Waals surface area contributed by atoms with Crippen molar-refractivity contribution in [1.82, 2.24) is 25.5 Å². The van der Waals surface area contributed by atoms with E-state index in [2.05, 4.69) is 25.5 Å². The Morgan fingerprint density at radius 1 is 1.35 bits per heavy atom. The fourth-order valence-electron chi connectivity index (χ4n) is 3.32. The van der Waals surface area contributed by atoms with Gasteiger partial charge in [-0.15, -0.1) is 0 Å². The van der Waals surface area contributed by atoms with E-state index in [1.807, 2.05) is 13.0 Å². The first kappa shape index (κ1) is 14.4. The molecule has 0 aromatic carbocycles. The molecule has 23 heavy (non-hydrogen) atoms. The molecule has 4 rings (SSSR count). The smallest absolute Gasteiger partial charge is 0.272 e. The second-order valence-corrected chi connectivity index (χ2v) is 6.58. The number of aryl methyl sites for hydroxylation is 2. The minimum atomic E-state index is -0.113. The molecule has 1 saturated carbocycles. The van der Waals surface area contributed by atoms with E-state index in [9.17, 15) is 4.79 Å². The summed E-state index contributed by atoms with van der Waals surface area (Å²) in [6.07, 6.45) is 8.20. The van der Waals surface area contributed by atoms with Crippen molar-refractivity contribution in [3.05, 3.63) is 40.7 Å². The van der Waals surface area contributed by atoms with Crippen LogP contribution in [-0.4, -0.2) is 26.1 Å². The summed E-state index contributed by atoms with van der Waals surface area (Å²) in [5, 5.41) is 10.4. The van der Waals surface area contributed by atoms with Gasteiger partial charge in [0.05, 0.1) is 6.04 Å². The quantitative estimate of drug-likeness (QED) is 0.907. The van der Waals surface area contributed by atoms with Gasteiger partial charge in [0.2, 0.25) is 0 Å². The Labute approximate surface area is 135 Å². The zero-order valence-corrected chi connectivity index (χ0v) is 13.3. The SMILES string of the molecule is Cc1ccnc([C@H](NC(=O)c2n[nH]c3c2CCCC3)C2CC2)n1. The fraction of sp³-hybridized carbons (Fsp3) is 0.529. The molecule has 2 aliphatic carbocycles. The van der Waals surface area contributed by atoms with E-state index >= 15 is 0 Å². The van der Waals surface area contributed by atoms with Crippen LogP contribution >= 0.6 is 0 Å². The number of rotatable bonds is 4. The van der Waals surface area contributed by atoms with Crippen molar-refractivity contribution in [1.29, 1.82) is 0 Å². The summed E-state index contributed by atoms with van der Waals surface area (Å²) in [7, 11) is 0. The van der Waals surface area contributed by atoms with Crippen LogP contribution < -0.4 is 5.32 Å². The maximum absolute atomic E-state index is 12.7. The minimum Gasteiger partial charge on any atom is -0.340 e. The van der Waals surface area contributed by atoms with Gasteiger partial charge in [0, 0.05) is 23.1 Å². The molecule has 0 spiro atoms. The monoisotopic (exact) mass is 311 g/mol. The Morgan fingerprint density at radius 3 is 2.96 bits per heavy atom. The maximum Gasteiger partial charge on any atom is 0.272 e. The molecular formula is C17H21N5O. The summed E-state index contributed by atoms with van der Waals surface area (Å²) in [6, 6.07) is 1.76. The van der Waals surface area contributed by atoms with Gasteiger partial charge >= 0.3 is 0 Å². The Hall–Kier alpha value is -2.24. The van der Waals surface area contributed by atoms with Gasteiger partial charge in [0.15, 0.2) is 11.5 Å². The zero-order chi connectivity index (χ0) is 15.8. The highest BCUT2D eigenvalue weighted by molar-refractivity contribution is 5.94. The van der Waals surface area contributed by atoms with E-state index in [4.69, 9.17) is 0 Å². The van der Waals surface area contributed by atoms with E-state index in [-0.39, 0.29) is 11.9 Å². The van der Waals surface area contributed by atoms with Gasteiger partial charge in [0.25, 0.3) is 5.91 Å². The van der Waals surface area contributed by atoms with E-state index in [0.717, 1.165) is 55.5 Å². The summed E-state index contributed by atoms with van der Waals surface area (Å²) in [5.41, 5.74) is 3.69. The Bertz CT molecular complexity index is 734. The van der Waals surface area contributed by atoms with Crippen molar-refractivity contribution in [2.75, 3.05) is 0 Å². The predicted molar refractivity (Wildman–Crippen MR) is 84.9 cm³/mol. The topological polar surface area (TPSA) is 83.6 Å². The molecular weight excluding hydrogens is 290 g/mol. The summed E-state index contributed by atoms with van der Waals surface area (Å²) in [4.78, 5) is 21.6. The zero-order valence-electron chi connectivity index (χ0n) is 13.3. The molecule has 0 unspecified atom stereocenters. The Balaban J connectivity index is 1.57. The summed E-state index contributed by atoms with van der Waals surface area (Å²) >= 11 is 0. The molecule has 6 heteroatoms. The molecule has 2 aromatic rings. The van der Waals surface area contributed by atoms with Gasteiger partial charge in [0.1, 0.15) is 0 Å². The van der Waals surface area contributed by atoms with Crippen molar-refractivity contribution in [2.45, 2.75) is 51.5 Å². The largest absolute Gasteiger partial charge is 0.340 e. The van der Waals surface area contributed by atoms with Crippen molar-refractivity contribution in [3.63, 3.8) is 0 Å². The van der Waals surface area contributed by atoms with Crippen molar-refractivity contribution in [3.8, 4) is 0 Å². The van der Waals surface area contributed by atoms with Crippen LogP contribution in [0.3, 0.4) is 0 Å². The normalized spacial score (nSPS) is 18.3. The number of fused-ring (bicyclic) bond motifs is 1. The third-order valence-electron chi connectivity index (χ3n) is 4.74. The summed E-state index contributed by atoms with van der Waals surface area (Å²) in [6.45, 7) is 1.95. The highest BCUT2D eigenvalue weighted by Gasteiger charge is 2.36. The standard InChI is InChI=1S/C17H21N5O/c1-10-8-9-18-16(19-10)14(11-6-7-11)20-17(23)15-12-4-2-3-5-13(12)21-22-15/h8-9,11,14H,2-7H2,1H3,(H,20,23)(H,21,22)/t14-/m1/s1. The van der Waals surface area contributed by atoms with Crippen LogP contribution in [-0.2, 0) is 12.8 Å². The highest BCUT2D eigenvalue weighted by Crippen LogP contribution is 2.40. The number of hydrogen-bond donors (Lipinski definition) is 2. The van der Waals surface area contributed by atoms with Crippen molar-refractivity contribution < 1.29 is 4.79 Å². The van der Waals surface area contributed by atoms with Crippen LogP contribution in [0.5, 0.6) is 0 Å². The first-order chi connectivity index (χ1) is 11.2. The Kier molecular flexibility index (Phi) is 3.59. The van der Waals surface area contributed by atoms with E-state index < -0.39 is 0 Å². The minimum absolute atomic E-state index is 0.105. The molecule has 1 atom stereocenters. The van der Waals surface area contributed by atoms with Crippen LogP contribution in [0.4, 0.5) is 0 Å². The first-order valence-electron chi connectivity index (χ1n) is 8.39. The van der Waals surface area contributed by atoms with Crippen LogP contribution in [0.25, 0.3) is 0 Å². The van der Waals surface area contributed by atoms with E-state index in [1.54, 1.807) is 6.20 Å². The van der Waals surface area contributed by atoms with Crippen LogP contribution in [0.1, 0.15) is 65.0 Å².